The molecule has 3 N–H and O–H groups in total. The lowest BCUT2D eigenvalue weighted by Crippen LogP contribution is -1.95. The van der Waals surface area contributed by atoms with Crippen molar-refractivity contribution in [1.82, 2.24) is 0 Å². The Morgan fingerprint density at radius 1 is 0.944 bits per heavy atom. The van der Waals surface area contributed by atoms with E-state index in [1.54, 1.807) is 0 Å². The van der Waals surface area contributed by atoms with E-state index in [2.05, 4.69) is 0 Å². The monoisotopic (exact) mass is 246 g/mol. The summed E-state index contributed by atoms with van der Waals surface area (Å²) >= 11 is 0. The highest BCUT2D eigenvalue weighted by atomic mass is 16.4. The van der Waals surface area contributed by atoms with Crippen LogP contribution in [0.4, 0.5) is 0 Å². The molecule has 18 heavy (non-hydrogen) atoms. The number of fused-ring (bicyclic) bond motifs is 1. The van der Waals surface area contributed by atoms with Crippen molar-refractivity contribution in [1.29, 1.82) is 0 Å². The van der Waals surface area contributed by atoms with E-state index in [9.17, 15) is 20.1 Å². The maximum atomic E-state index is 11.7. The number of benzene rings is 1. The van der Waals surface area contributed by atoms with Crippen LogP contribution in [0, 0.1) is 0 Å². The molecule has 0 aliphatic rings. The molecule has 5 nitrogen and oxygen atoms in total. The minimum absolute atomic E-state index is 0.0782. The maximum absolute atomic E-state index is 11.7. The summed E-state index contributed by atoms with van der Waals surface area (Å²) in [5.74, 6) is -0.823. The van der Waals surface area contributed by atoms with Crippen LogP contribution in [-0.4, -0.2) is 15.3 Å². The first-order valence-corrected chi connectivity index (χ1v) is 5.09. The summed E-state index contributed by atoms with van der Waals surface area (Å²) in [6.45, 7) is 0. The fourth-order valence-corrected chi connectivity index (χ4v) is 1.44. The molecule has 0 spiro atoms. The second-order valence-corrected chi connectivity index (χ2v) is 3.59. The number of phenols is 2. The van der Waals surface area contributed by atoms with E-state index in [-0.39, 0.29) is 16.9 Å². The summed E-state index contributed by atoms with van der Waals surface area (Å²) in [7, 11) is 0. The van der Waals surface area contributed by atoms with Crippen LogP contribution >= 0.6 is 0 Å². The van der Waals surface area contributed by atoms with Gasteiger partial charge in [-0.25, -0.2) is 4.79 Å². The van der Waals surface area contributed by atoms with Gasteiger partial charge in [-0.2, -0.15) is 0 Å². The Labute approximate surface area is 102 Å². The number of phenolic OH excluding ortho intramolecular Hbond substituents is 2. The van der Waals surface area contributed by atoms with Gasteiger partial charge in [-0.1, -0.05) is 12.1 Å². The summed E-state index contributed by atoms with van der Waals surface area (Å²) in [5, 5.41) is 28.5. The molecule has 1 aromatic heterocycles. The van der Waals surface area contributed by atoms with Gasteiger partial charge in [0.15, 0.2) is 11.5 Å². The van der Waals surface area contributed by atoms with Crippen LogP contribution < -0.4 is 5.63 Å². The zero-order chi connectivity index (χ0) is 13.1. The van der Waals surface area contributed by atoms with Gasteiger partial charge in [0.1, 0.15) is 5.75 Å². The van der Waals surface area contributed by atoms with Gasteiger partial charge in [0.05, 0.1) is 11.6 Å². The van der Waals surface area contributed by atoms with Gasteiger partial charge in [0, 0.05) is 6.07 Å². The lowest BCUT2D eigenvalue weighted by molar-refractivity contribution is 0.404. The van der Waals surface area contributed by atoms with Crippen molar-refractivity contribution in [3.63, 3.8) is 0 Å². The number of hydrogen-bond acceptors (Lipinski definition) is 5. The lowest BCUT2D eigenvalue weighted by atomic mass is 10.1. The molecule has 92 valence electrons. The van der Waals surface area contributed by atoms with Crippen molar-refractivity contribution in [3.8, 4) is 17.2 Å². The molecule has 0 aliphatic carbocycles. The summed E-state index contributed by atoms with van der Waals surface area (Å²) in [6, 6.07) is 7.98. The van der Waals surface area contributed by atoms with Crippen molar-refractivity contribution in [2.75, 3.05) is 0 Å². The molecule has 0 aliphatic heterocycles. The molecule has 0 bridgehead atoms. The molecule has 1 aromatic carbocycles. The molecule has 0 atom stereocenters. The summed E-state index contributed by atoms with van der Waals surface area (Å²) in [4.78, 5) is 11.7. The topological polar surface area (TPSA) is 90.9 Å². The quantitative estimate of drug-likeness (QED) is 0.619. The molecule has 5 heteroatoms. The van der Waals surface area contributed by atoms with Crippen LogP contribution in [0.2, 0.25) is 0 Å². The van der Waals surface area contributed by atoms with Gasteiger partial charge < -0.3 is 19.7 Å². The first-order chi connectivity index (χ1) is 8.58. The molecular weight excluding hydrogens is 236 g/mol. The minimum Gasteiger partial charge on any atom is -0.508 e. The number of rotatable bonds is 0. The second kappa shape index (κ2) is 4.67. The highest BCUT2D eigenvalue weighted by molar-refractivity contribution is 5.84. The third-order valence-corrected chi connectivity index (χ3v) is 2.32. The molecule has 2 aromatic rings. The molecular formula is C13H10O5. The van der Waals surface area contributed by atoms with Crippen molar-refractivity contribution >= 4 is 10.8 Å². The molecule has 0 fully saturated rings. The van der Waals surface area contributed by atoms with Crippen LogP contribution in [0.25, 0.3) is 10.8 Å². The van der Waals surface area contributed by atoms with Crippen LogP contribution in [0.15, 0.2) is 51.9 Å². The standard InChI is InChI=1S/C13H10O5/c14-9-3-1-2-8-6-11(15)12(16)7-10(8)13(17)18-5-4-9/h1-7,14-16H. The van der Waals surface area contributed by atoms with E-state index < -0.39 is 11.4 Å². The molecule has 0 amide bonds. The first-order valence-electron chi connectivity index (χ1n) is 5.09. The smallest absolute Gasteiger partial charge is 0.343 e. The van der Waals surface area contributed by atoms with Crippen LogP contribution in [0.5, 0.6) is 17.2 Å². The Morgan fingerprint density at radius 2 is 1.67 bits per heavy atom. The van der Waals surface area contributed by atoms with Crippen LogP contribution in [-0.2, 0) is 0 Å². The molecule has 2 rings (SSSR count). The van der Waals surface area contributed by atoms with E-state index >= 15 is 0 Å². The van der Waals surface area contributed by atoms with Crippen molar-refractivity contribution in [3.05, 3.63) is 53.1 Å². The number of hydrogen-bond donors (Lipinski definition) is 3. The summed E-state index contributed by atoms with van der Waals surface area (Å²) in [5.41, 5.74) is -0.698. The Morgan fingerprint density at radius 3 is 2.44 bits per heavy atom. The van der Waals surface area contributed by atoms with E-state index in [0.29, 0.717) is 5.39 Å². The van der Waals surface area contributed by atoms with E-state index in [1.165, 1.54) is 30.3 Å². The van der Waals surface area contributed by atoms with Gasteiger partial charge in [-0.3, -0.25) is 0 Å². The van der Waals surface area contributed by atoms with Crippen LogP contribution in [0.1, 0.15) is 0 Å². The average molecular weight is 246 g/mol. The molecule has 0 unspecified atom stereocenters. The van der Waals surface area contributed by atoms with E-state index in [0.717, 1.165) is 12.3 Å². The minimum atomic E-state index is -0.698. The second-order valence-electron chi connectivity index (χ2n) is 3.59. The Balaban J connectivity index is 2.94. The van der Waals surface area contributed by atoms with Crippen molar-refractivity contribution in [2.45, 2.75) is 0 Å². The predicted octanol–water partition coefficient (Wildman–Crippen LogP) is 2.03. The van der Waals surface area contributed by atoms with Gasteiger partial charge in [0.25, 0.3) is 0 Å². The normalized spacial score (nSPS) is 10.0. The predicted molar refractivity (Wildman–Crippen MR) is 65.1 cm³/mol. The van der Waals surface area contributed by atoms with Gasteiger partial charge in [0.2, 0.25) is 0 Å². The SMILES string of the molecule is O=c1occc(O)cccc2cc(O)c(O)cc12. The Kier molecular flexibility index (Phi) is 3.05. The van der Waals surface area contributed by atoms with E-state index in [4.69, 9.17) is 4.42 Å². The molecule has 0 saturated carbocycles. The fourth-order valence-electron chi connectivity index (χ4n) is 1.44. The third kappa shape index (κ3) is 2.35. The average Bonchev–Trinajstić information content (AvgIpc) is 2.32. The van der Waals surface area contributed by atoms with Crippen LogP contribution in [0.3, 0.4) is 0 Å². The largest absolute Gasteiger partial charge is 0.508 e. The molecule has 0 radical (unpaired) electrons. The molecule has 0 saturated heterocycles. The maximum Gasteiger partial charge on any atom is 0.343 e. The highest BCUT2D eigenvalue weighted by Gasteiger charge is 2.03. The summed E-state index contributed by atoms with van der Waals surface area (Å²) in [6.07, 6.45) is 1.04. The zero-order valence-electron chi connectivity index (χ0n) is 9.20. The van der Waals surface area contributed by atoms with Gasteiger partial charge in [-0.15, -0.1) is 0 Å². The first kappa shape index (κ1) is 11.8. The van der Waals surface area contributed by atoms with Crippen molar-refractivity contribution in [2.24, 2.45) is 0 Å². The Bertz CT molecular complexity index is 701. The lowest BCUT2D eigenvalue weighted by Gasteiger charge is -1.98. The molecule has 1 heterocycles. The van der Waals surface area contributed by atoms with Gasteiger partial charge >= 0.3 is 5.63 Å². The highest BCUT2D eigenvalue weighted by Crippen LogP contribution is 2.27. The van der Waals surface area contributed by atoms with Crippen molar-refractivity contribution < 1.29 is 19.7 Å². The van der Waals surface area contributed by atoms with Gasteiger partial charge in [-0.05, 0) is 23.6 Å². The Hall–Kier alpha value is -2.69. The third-order valence-electron chi connectivity index (χ3n) is 2.32. The summed E-state index contributed by atoms with van der Waals surface area (Å²) < 4.78 is 4.76. The number of aromatic hydroxyl groups is 3. The van der Waals surface area contributed by atoms with E-state index in [1.807, 2.05) is 0 Å². The zero-order valence-corrected chi connectivity index (χ0v) is 9.20. The fraction of sp³-hybridized carbons (Fsp3) is 0.